The fourth-order valence-electron chi connectivity index (χ4n) is 1.92. The summed E-state index contributed by atoms with van der Waals surface area (Å²) < 4.78 is 29.5. The van der Waals surface area contributed by atoms with Crippen molar-refractivity contribution in [1.29, 1.82) is 0 Å². The van der Waals surface area contributed by atoms with Crippen LogP contribution in [0.25, 0.3) is 0 Å². The topological polar surface area (TPSA) is 69.4 Å². The van der Waals surface area contributed by atoms with Crippen molar-refractivity contribution in [3.05, 3.63) is 54.1 Å². The zero-order valence-electron chi connectivity index (χ0n) is 11.2. The molecule has 0 aliphatic rings. The van der Waals surface area contributed by atoms with Gasteiger partial charge in [0, 0.05) is 0 Å². The number of benzene rings is 2. The SMILES string of the molecule is COc1ccc(S(=O)(=O)CCc2ccccc2)cc1N. The summed E-state index contributed by atoms with van der Waals surface area (Å²) in [6.07, 6.45) is 0.481. The van der Waals surface area contributed by atoms with Crippen molar-refractivity contribution in [2.75, 3.05) is 18.6 Å². The monoisotopic (exact) mass is 291 g/mol. The van der Waals surface area contributed by atoms with E-state index in [1.807, 2.05) is 30.3 Å². The van der Waals surface area contributed by atoms with Gasteiger partial charge in [-0.2, -0.15) is 0 Å². The van der Waals surface area contributed by atoms with E-state index in [1.165, 1.54) is 19.2 Å². The van der Waals surface area contributed by atoms with E-state index in [2.05, 4.69) is 0 Å². The molecule has 0 saturated carbocycles. The Bertz CT molecular complexity index is 682. The Hall–Kier alpha value is -2.01. The molecule has 0 radical (unpaired) electrons. The molecule has 2 rings (SSSR count). The average molecular weight is 291 g/mol. The van der Waals surface area contributed by atoms with Gasteiger partial charge < -0.3 is 10.5 Å². The first-order chi connectivity index (χ1) is 9.53. The molecule has 0 heterocycles. The fraction of sp³-hybridized carbons (Fsp3) is 0.200. The van der Waals surface area contributed by atoms with Gasteiger partial charge in [0.1, 0.15) is 5.75 Å². The number of rotatable bonds is 5. The maximum Gasteiger partial charge on any atom is 0.178 e. The summed E-state index contributed by atoms with van der Waals surface area (Å²) in [5.74, 6) is 0.537. The average Bonchev–Trinajstić information content (AvgIpc) is 2.46. The number of nitrogen functional groups attached to an aromatic ring is 1. The van der Waals surface area contributed by atoms with Crippen molar-refractivity contribution >= 4 is 15.5 Å². The van der Waals surface area contributed by atoms with Gasteiger partial charge in [0.25, 0.3) is 0 Å². The van der Waals surface area contributed by atoms with Crippen LogP contribution in [0.4, 0.5) is 5.69 Å². The number of hydrogen-bond donors (Lipinski definition) is 1. The van der Waals surface area contributed by atoms with Gasteiger partial charge in [-0.1, -0.05) is 30.3 Å². The number of aryl methyl sites for hydroxylation is 1. The van der Waals surface area contributed by atoms with Gasteiger partial charge in [0.15, 0.2) is 9.84 Å². The van der Waals surface area contributed by atoms with Gasteiger partial charge in [0.2, 0.25) is 0 Å². The van der Waals surface area contributed by atoms with Gasteiger partial charge in [-0.3, -0.25) is 0 Å². The van der Waals surface area contributed by atoms with Crippen molar-refractivity contribution < 1.29 is 13.2 Å². The van der Waals surface area contributed by atoms with Gasteiger partial charge in [-0.25, -0.2) is 8.42 Å². The van der Waals surface area contributed by atoms with Gasteiger partial charge in [-0.15, -0.1) is 0 Å². The van der Waals surface area contributed by atoms with Crippen molar-refractivity contribution in [3.8, 4) is 5.75 Å². The highest BCUT2D eigenvalue weighted by Gasteiger charge is 2.16. The highest BCUT2D eigenvalue weighted by Crippen LogP contribution is 2.25. The number of anilines is 1. The van der Waals surface area contributed by atoms with Crippen LogP contribution in [0.3, 0.4) is 0 Å². The third kappa shape index (κ3) is 3.30. The Labute approximate surface area is 119 Å². The molecule has 0 bridgehead atoms. The molecule has 106 valence electrons. The largest absolute Gasteiger partial charge is 0.495 e. The molecule has 0 unspecified atom stereocenters. The lowest BCUT2D eigenvalue weighted by atomic mass is 10.2. The van der Waals surface area contributed by atoms with E-state index in [9.17, 15) is 8.42 Å². The van der Waals surface area contributed by atoms with Crippen LogP contribution in [0, 0.1) is 0 Å². The maximum absolute atomic E-state index is 12.3. The van der Waals surface area contributed by atoms with E-state index in [4.69, 9.17) is 10.5 Å². The summed E-state index contributed by atoms with van der Waals surface area (Å²) >= 11 is 0. The van der Waals surface area contributed by atoms with E-state index < -0.39 is 9.84 Å². The maximum atomic E-state index is 12.3. The minimum atomic E-state index is -3.34. The highest BCUT2D eigenvalue weighted by atomic mass is 32.2. The Morgan fingerprint density at radius 1 is 1.10 bits per heavy atom. The second-order valence-electron chi connectivity index (χ2n) is 4.46. The summed E-state index contributed by atoms with van der Waals surface area (Å²) in [5, 5.41) is 0. The second kappa shape index (κ2) is 5.96. The van der Waals surface area contributed by atoms with Gasteiger partial charge in [-0.05, 0) is 30.2 Å². The summed E-state index contributed by atoms with van der Waals surface area (Å²) in [5.41, 5.74) is 7.07. The van der Waals surface area contributed by atoms with E-state index in [0.717, 1.165) is 5.56 Å². The van der Waals surface area contributed by atoms with Crippen molar-refractivity contribution in [1.82, 2.24) is 0 Å². The molecule has 5 heteroatoms. The number of nitrogens with two attached hydrogens (primary N) is 1. The zero-order valence-corrected chi connectivity index (χ0v) is 12.1. The summed E-state index contributed by atoms with van der Waals surface area (Å²) in [6.45, 7) is 0. The zero-order chi connectivity index (χ0) is 14.6. The van der Waals surface area contributed by atoms with E-state index >= 15 is 0 Å². The van der Waals surface area contributed by atoms with E-state index in [0.29, 0.717) is 17.9 Å². The van der Waals surface area contributed by atoms with Crippen molar-refractivity contribution in [2.24, 2.45) is 0 Å². The molecule has 0 saturated heterocycles. The molecular weight excluding hydrogens is 274 g/mol. The lowest BCUT2D eigenvalue weighted by Gasteiger charge is -2.08. The summed E-state index contributed by atoms with van der Waals surface area (Å²) in [7, 11) is -1.85. The van der Waals surface area contributed by atoms with Crippen LogP contribution in [0.1, 0.15) is 5.56 Å². The van der Waals surface area contributed by atoms with Gasteiger partial charge >= 0.3 is 0 Å². The predicted octanol–water partition coefficient (Wildman–Crippen LogP) is 2.29. The lowest BCUT2D eigenvalue weighted by Crippen LogP contribution is -2.10. The molecule has 4 nitrogen and oxygen atoms in total. The van der Waals surface area contributed by atoms with Crippen LogP contribution < -0.4 is 10.5 Å². The normalized spacial score (nSPS) is 11.2. The molecule has 2 aromatic carbocycles. The molecule has 0 fully saturated rings. The van der Waals surface area contributed by atoms with Crippen LogP contribution in [0.15, 0.2) is 53.4 Å². The first-order valence-electron chi connectivity index (χ1n) is 6.23. The van der Waals surface area contributed by atoms with Crippen LogP contribution in [0.2, 0.25) is 0 Å². The number of hydrogen-bond acceptors (Lipinski definition) is 4. The first kappa shape index (κ1) is 14.4. The first-order valence-corrected chi connectivity index (χ1v) is 7.88. The van der Waals surface area contributed by atoms with E-state index in [-0.39, 0.29) is 10.6 Å². The van der Waals surface area contributed by atoms with Crippen molar-refractivity contribution in [3.63, 3.8) is 0 Å². The molecule has 0 amide bonds. The van der Waals surface area contributed by atoms with Crippen LogP contribution in [0.5, 0.6) is 5.75 Å². The predicted molar refractivity (Wildman–Crippen MR) is 79.6 cm³/mol. The molecule has 0 spiro atoms. The Morgan fingerprint density at radius 3 is 2.40 bits per heavy atom. The lowest BCUT2D eigenvalue weighted by molar-refractivity contribution is 0.416. The molecular formula is C15H17NO3S. The van der Waals surface area contributed by atoms with Crippen molar-refractivity contribution in [2.45, 2.75) is 11.3 Å². The Morgan fingerprint density at radius 2 is 1.80 bits per heavy atom. The smallest absolute Gasteiger partial charge is 0.178 e. The quantitative estimate of drug-likeness (QED) is 0.858. The van der Waals surface area contributed by atoms with Gasteiger partial charge in [0.05, 0.1) is 23.4 Å². The highest BCUT2D eigenvalue weighted by molar-refractivity contribution is 7.91. The third-order valence-corrected chi connectivity index (χ3v) is 4.78. The minimum Gasteiger partial charge on any atom is -0.495 e. The molecule has 2 aromatic rings. The molecule has 0 aliphatic heterocycles. The Balaban J connectivity index is 2.16. The number of ether oxygens (including phenoxy) is 1. The van der Waals surface area contributed by atoms with Crippen LogP contribution >= 0.6 is 0 Å². The summed E-state index contributed by atoms with van der Waals surface area (Å²) in [4.78, 5) is 0.228. The molecule has 0 aliphatic carbocycles. The van der Waals surface area contributed by atoms with Crippen LogP contribution in [-0.4, -0.2) is 21.3 Å². The second-order valence-corrected chi connectivity index (χ2v) is 6.57. The molecule has 0 aromatic heterocycles. The van der Waals surface area contributed by atoms with Crippen LogP contribution in [-0.2, 0) is 16.3 Å². The van der Waals surface area contributed by atoms with E-state index in [1.54, 1.807) is 6.07 Å². The minimum absolute atomic E-state index is 0.0583. The molecule has 2 N–H and O–H groups in total. The third-order valence-electron chi connectivity index (χ3n) is 3.06. The standard InChI is InChI=1S/C15H17NO3S/c1-19-15-8-7-13(11-14(15)16)20(17,18)10-9-12-5-3-2-4-6-12/h2-8,11H,9-10,16H2,1H3. The number of methoxy groups -OCH3 is 1. The molecule has 20 heavy (non-hydrogen) atoms. The number of sulfone groups is 1. The molecule has 0 atom stereocenters. The fourth-order valence-corrected chi connectivity index (χ4v) is 3.24. The Kier molecular flexibility index (Phi) is 4.29. The summed E-state index contributed by atoms with van der Waals surface area (Å²) in [6, 6.07) is 14.1.